The van der Waals surface area contributed by atoms with Crippen molar-refractivity contribution in [1.82, 2.24) is 15.1 Å². The molecule has 1 aromatic rings. The van der Waals surface area contributed by atoms with Crippen molar-refractivity contribution in [2.75, 3.05) is 11.1 Å². The Morgan fingerprint density at radius 1 is 1.45 bits per heavy atom. The molecule has 20 heavy (non-hydrogen) atoms. The van der Waals surface area contributed by atoms with Crippen LogP contribution in [0.1, 0.15) is 46.7 Å². The fourth-order valence-electron chi connectivity index (χ4n) is 1.87. The van der Waals surface area contributed by atoms with Crippen LogP contribution in [0.3, 0.4) is 0 Å². The van der Waals surface area contributed by atoms with E-state index in [1.54, 1.807) is 0 Å². The lowest BCUT2D eigenvalue weighted by Gasteiger charge is -2.24. The second-order valence-electron chi connectivity index (χ2n) is 6.18. The highest BCUT2D eigenvalue weighted by molar-refractivity contribution is 5.85. The Hall–Kier alpha value is -1.72. The number of nitrogen functional groups attached to an aromatic ring is 1. The van der Waals surface area contributed by atoms with Gasteiger partial charge in [0.25, 0.3) is 0 Å². The lowest BCUT2D eigenvalue weighted by Crippen LogP contribution is -2.47. The minimum Gasteiger partial charge on any atom is -0.394 e. The summed E-state index contributed by atoms with van der Waals surface area (Å²) in [6, 6.07) is -0.372. The second kappa shape index (κ2) is 6.15. The molecule has 0 aliphatic carbocycles. The van der Waals surface area contributed by atoms with E-state index >= 15 is 0 Å². The van der Waals surface area contributed by atoms with Crippen molar-refractivity contribution in [3.05, 3.63) is 5.69 Å². The largest absolute Gasteiger partial charge is 0.394 e. The zero-order valence-electron chi connectivity index (χ0n) is 13.4. The van der Waals surface area contributed by atoms with E-state index in [2.05, 4.69) is 22.7 Å². The molecule has 0 aliphatic heterocycles. The molecule has 6 nitrogen and oxygen atoms in total. The van der Waals surface area contributed by atoms with Gasteiger partial charge in [0.1, 0.15) is 11.9 Å². The summed E-state index contributed by atoms with van der Waals surface area (Å²) in [6.07, 6.45) is 0.956. The van der Waals surface area contributed by atoms with E-state index in [0.717, 1.165) is 24.5 Å². The third-order valence-corrected chi connectivity index (χ3v) is 2.85. The molecule has 0 spiro atoms. The second-order valence-corrected chi connectivity index (χ2v) is 6.18. The number of rotatable bonds is 5. The fourth-order valence-corrected chi connectivity index (χ4v) is 1.87. The molecule has 1 aromatic heterocycles. The predicted molar refractivity (Wildman–Crippen MR) is 82.6 cm³/mol. The Morgan fingerprint density at radius 3 is 2.55 bits per heavy atom. The highest BCUT2D eigenvalue weighted by Gasteiger charge is 2.21. The van der Waals surface area contributed by atoms with E-state index in [1.165, 1.54) is 0 Å². The van der Waals surface area contributed by atoms with Gasteiger partial charge in [-0.2, -0.15) is 5.10 Å². The maximum atomic E-state index is 12.1. The molecule has 1 heterocycles. The molecule has 1 amide bonds. The van der Waals surface area contributed by atoms with Crippen LogP contribution in [-0.2, 0) is 11.3 Å². The molecule has 0 radical (unpaired) electrons. The van der Waals surface area contributed by atoms with Crippen LogP contribution >= 0.6 is 0 Å². The van der Waals surface area contributed by atoms with Crippen LogP contribution < -0.4 is 16.4 Å². The van der Waals surface area contributed by atoms with Crippen molar-refractivity contribution in [3.8, 4) is 0 Å². The molecule has 1 unspecified atom stereocenters. The topological polar surface area (TPSA) is 85.0 Å². The maximum absolute atomic E-state index is 12.1. The average Bonchev–Trinajstić information content (AvgIpc) is 2.55. The molecule has 0 aliphatic rings. The van der Waals surface area contributed by atoms with E-state index < -0.39 is 0 Å². The normalized spacial score (nSPS) is 13.1. The van der Waals surface area contributed by atoms with Gasteiger partial charge >= 0.3 is 0 Å². The molecular formula is C14H27N5O. The van der Waals surface area contributed by atoms with Crippen molar-refractivity contribution < 1.29 is 4.79 Å². The Labute approximate surface area is 121 Å². The number of aromatic nitrogens is 2. The highest BCUT2D eigenvalue weighted by atomic mass is 16.2. The monoisotopic (exact) mass is 281 g/mol. The number of hydrogen-bond acceptors (Lipinski definition) is 4. The van der Waals surface area contributed by atoms with Gasteiger partial charge in [-0.1, -0.05) is 6.92 Å². The number of nitrogens with two attached hydrogens (primary N) is 1. The Bertz CT molecular complexity index is 473. The van der Waals surface area contributed by atoms with Gasteiger partial charge in [-0.05, 0) is 41.0 Å². The Kier molecular flexibility index (Phi) is 5.03. The summed E-state index contributed by atoms with van der Waals surface area (Å²) in [7, 11) is 0. The van der Waals surface area contributed by atoms with E-state index in [0.29, 0.717) is 5.69 Å². The van der Waals surface area contributed by atoms with Crippen LogP contribution in [0.15, 0.2) is 0 Å². The van der Waals surface area contributed by atoms with Crippen molar-refractivity contribution in [1.29, 1.82) is 0 Å². The van der Waals surface area contributed by atoms with Crippen LogP contribution in [0.4, 0.5) is 11.5 Å². The minimum atomic E-state index is -0.372. The summed E-state index contributed by atoms with van der Waals surface area (Å²) in [4.78, 5) is 12.1. The Balaban J connectivity index is 2.84. The van der Waals surface area contributed by atoms with Crippen molar-refractivity contribution in [2.24, 2.45) is 0 Å². The molecule has 114 valence electrons. The quantitative estimate of drug-likeness (QED) is 0.769. The minimum absolute atomic E-state index is 0.0567. The first kappa shape index (κ1) is 16.3. The summed E-state index contributed by atoms with van der Waals surface area (Å²) in [5, 5.41) is 10.5. The predicted octanol–water partition coefficient (Wildman–Crippen LogP) is 1.90. The third kappa shape index (κ3) is 4.15. The number of anilines is 2. The number of carbonyl (C=O) groups excluding carboxylic acids is 1. The standard InChI is InChI=1S/C14H27N5O/c1-7-8-19-12(11(15)9(2)18-19)16-10(3)13(20)17-14(4,5)6/h10,16H,7-8,15H2,1-6H3,(H,17,20). The van der Waals surface area contributed by atoms with Gasteiger partial charge in [0.2, 0.25) is 5.91 Å². The lowest BCUT2D eigenvalue weighted by atomic mass is 10.1. The molecule has 0 aromatic carbocycles. The average molecular weight is 281 g/mol. The first-order valence-corrected chi connectivity index (χ1v) is 7.07. The molecule has 0 fully saturated rings. The van der Waals surface area contributed by atoms with Crippen molar-refractivity contribution >= 4 is 17.4 Å². The molecule has 0 bridgehead atoms. The molecule has 1 atom stereocenters. The first-order chi connectivity index (χ1) is 9.15. The van der Waals surface area contributed by atoms with Gasteiger partial charge in [0, 0.05) is 12.1 Å². The first-order valence-electron chi connectivity index (χ1n) is 7.07. The lowest BCUT2D eigenvalue weighted by molar-refractivity contribution is -0.122. The summed E-state index contributed by atoms with van der Waals surface area (Å²) >= 11 is 0. The highest BCUT2D eigenvalue weighted by Crippen LogP contribution is 2.23. The van der Waals surface area contributed by atoms with Gasteiger partial charge in [-0.15, -0.1) is 0 Å². The van der Waals surface area contributed by atoms with Crippen molar-refractivity contribution in [3.63, 3.8) is 0 Å². The van der Waals surface area contributed by atoms with E-state index in [4.69, 9.17) is 5.73 Å². The molecule has 4 N–H and O–H groups in total. The van der Waals surface area contributed by atoms with Crippen molar-refractivity contribution in [2.45, 2.75) is 66.1 Å². The number of hydrogen-bond donors (Lipinski definition) is 3. The van der Waals surface area contributed by atoms with Gasteiger partial charge in [-0.3, -0.25) is 4.79 Å². The molecule has 6 heteroatoms. The zero-order valence-corrected chi connectivity index (χ0v) is 13.4. The van der Waals surface area contributed by atoms with E-state index in [-0.39, 0.29) is 17.5 Å². The fraction of sp³-hybridized carbons (Fsp3) is 0.714. The smallest absolute Gasteiger partial charge is 0.242 e. The van der Waals surface area contributed by atoms with Crippen LogP contribution in [0.2, 0.25) is 0 Å². The number of nitrogens with zero attached hydrogens (tertiary/aromatic N) is 2. The van der Waals surface area contributed by atoms with Gasteiger partial charge in [0.15, 0.2) is 0 Å². The van der Waals surface area contributed by atoms with Crippen LogP contribution in [0, 0.1) is 6.92 Å². The van der Waals surface area contributed by atoms with Gasteiger partial charge in [0.05, 0.1) is 11.4 Å². The molecule has 1 rings (SSSR count). The summed E-state index contributed by atoms with van der Waals surface area (Å²) in [6.45, 7) is 12.4. The molecule has 0 saturated heterocycles. The summed E-state index contributed by atoms with van der Waals surface area (Å²) < 4.78 is 1.82. The Morgan fingerprint density at radius 2 is 2.05 bits per heavy atom. The summed E-state index contributed by atoms with van der Waals surface area (Å²) in [5.41, 5.74) is 7.17. The van der Waals surface area contributed by atoms with E-state index in [9.17, 15) is 4.79 Å². The SMILES string of the molecule is CCCn1nc(C)c(N)c1NC(C)C(=O)NC(C)(C)C. The summed E-state index contributed by atoms with van der Waals surface area (Å²) in [5.74, 6) is 0.666. The van der Waals surface area contributed by atoms with Crippen LogP contribution in [0.25, 0.3) is 0 Å². The van der Waals surface area contributed by atoms with Crippen LogP contribution in [-0.4, -0.2) is 27.3 Å². The van der Waals surface area contributed by atoms with Gasteiger partial charge < -0.3 is 16.4 Å². The number of aryl methyl sites for hydroxylation is 2. The maximum Gasteiger partial charge on any atom is 0.242 e. The third-order valence-electron chi connectivity index (χ3n) is 2.85. The number of nitrogens with one attached hydrogen (secondary N) is 2. The van der Waals surface area contributed by atoms with Gasteiger partial charge in [-0.25, -0.2) is 4.68 Å². The molecular weight excluding hydrogens is 254 g/mol. The van der Waals surface area contributed by atoms with E-state index in [1.807, 2.05) is 39.3 Å². The number of amides is 1. The zero-order chi connectivity index (χ0) is 15.5. The molecule has 0 saturated carbocycles. The van der Waals surface area contributed by atoms with Crippen LogP contribution in [0.5, 0.6) is 0 Å². The number of carbonyl (C=O) groups is 1.